The largest absolute Gasteiger partial charge is 0.497 e. The van der Waals surface area contributed by atoms with Crippen LogP contribution in [0.1, 0.15) is 11.1 Å². The number of ether oxygens (including phenoxy) is 2. The fourth-order valence-electron chi connectivity index (χ4n) is 2.58. The average Bonchev–Trinajstić information content (AvgIpc) is 2.60. The number of rotatable bonds is 5. The third kappa shape index (κ3) is 3.37. The number of aromatic nitrogens is 2. The first kappa shape index (κ1) is 15.6. The van der Waals surface area contributed by atoms with Crippen LogP contribution in [0.15, 0.2) is 42.7 Å². The normalized spacial score (nSPS) is 10.7. The maximum Gasteiger partial charge on any atom is 0.140 e. The van der Waals surface area contributed by atoms with E-state index in [2.05, 4.69) is 16.0 Å². The summed E-state index contributed by atoms with van der Waals surface area (Å²) in [6.45, 7) is 0. The molecule has 2 aromatic carbocycles. The summed E-state index contributed by atoms with van der Waals surface area (Å²) in [6, 6.07) is 11.9. The zero-order valence-corrected chi connectivity index (χ0v) is 13.8. The molecule has 0 saturated carbocycles. The summed E-state index contributed by atoms with van der Waals surface area (Å²) in [5, 5.41) is 1.36. The first-order valence-electron chi connectivity index (χ1n) is 7.31. The Hall–Kier alpha value is -2.33. The predicted molar refractivity (Wildman–Crippen MR) is 91.5 cm³/mol. The van der Waals surface area contributed by atoms with Crippen LogP contribution in [-0.2, 0) is 12.8 Å². The predicted octanol–water partition coefficient (Wildman–Crippen LogP) is 4.09. The molecule has 0 bridgehead atoms. The van der Waals surface area contributed by atoms with Gasteiger partial charge in [-0.25, -0.2) is 9.97 Å². The SMILES string of the molecule is COc1ccc(OC)c(CCc2ccc3ncnc(Cl)c3c2)c1. The number of halogens is 1. The highest BCUT2D eigenvalue weighted by Gasteiger charge is 2.07. The van der Waals surface area contributed by atoms with E-state index in [1.54, 1.807) is 14.2 Å². The van der Waals surface area contributed by atoms with Crippen LogP contribution in [0, 0.1) is 0 Å². The molecule has 3 aromatic rings. The van der Waals surface area contributed by atoms with Crippen molar-refractivity contribution in [2.45, 2.75) is 12.8 Å². The van der Waals surface area contributed by atoms with Gasteiger partial charge < -0.3 is 9.47 Å². The quantitative estimate of drug-likeness (QED) is 0.662. The number of hydrogen-bond donors (Lipinski definition) is 0. The Balaban J connectivity index is 1.84. The van der Waals surface area contributed by atoms with Crippen molar-refractivity contribution in [3.63, 3.8) is 0 Å². The lowest BCUT2D eigenvalue weighted by atomic mass is 10.0. The van der Waals surface area contributed by atoms with Crippen molar-refractivity contribution >= 4 is 22.5 Å². The second-order valence-electron chi connectivity index (χ2n) is 5.19. The first-order valence-corrected chi connectivity index (χ1v) is 7.69. The molecular formula is C18H17ClN2O2. The second kappa shape index (κ2) is 6.84. The Kier molecular flexibility index (Phi) is 4.63. The summed E-state index contributed by atoms with van der Waals surface area (Å²) in [7, 11) is 3.34. The van der Waals surface area contributed by atoms with E-state index in [1.807, 2.05) is 30.3 Å². The van der Waals surface area contributed by atoms with Crippen molar-refractivity contribution in [2.24, 2.45) is 0 Å². The molecule has 0 fully saturated rings. The lowest BCUT2D eigenvalue weighted by Gasteiger charge is -2.11. The summed E-state index contributed by atoms with van der Waals surface area (Å²) >= 11 is 6.15. The van der Waals surface area contributed by atoms with Crippen molar-refractivity contribution < 1.29 is 9.47 Å². The van der Waals surface area contributed by atoms with Crippen LogP contribution in [0.3, 0.4) is 0 Å². The molecule has 0 amide bonds. The topological polar surface area (TPSA) is 44.2 Å². The Morgan fingerprint density at radius 3 is 2.61 bits per heavy atom. The molecule has 0 aliphatic carbocycles. The van der Waals surface area contributed by atoms with Gasteiger partial charge in [0.2, 0.25) is 0 Å². The Bertz CT molecular complexity index is 836. The lowest BCUT2D eigenvalue weighted by molar-refractivity contribution is 0.398. The molecule has 1 heterocycles. The van der Waals surface area contributed by atoms with E-state index in [0.717, 1.165) is 40.8 Å². The molecule has 0 saturated heterocycles. The number of fused-ring (bicyclic) bond motifs is 1. The summed E-state index contributed by atoms with van der Waals surface area (Å²) in [5.74, 6) is 1.70. The molecule has 0 atom stereocenters. The van der Waals surface area contributed by atoms with Crippen molar-refractivity contribution in [1.29, 1.82) is 0 Å². The van der Waals surface area contributed by atoms with Crippen LogP contribution in [0.2, 0.25) is 5.15 Å². The molecule has 0 spiro atoms. The molecule has 118 valence electrons. The zero-order valence-electron chi connectivity index (χ0n) is 13.0. The third-order valence-corrected chi connectivity index (χ3v) is 4.12. The summed E-state index contributed by atoms with van der Waals surface area (Å²) in [5.41, 5.74) is 3.15. The van der Waals surface area contributed by atoms with E-state index in [0.29, 0.717) is 5.15 Å². The van der Waals surface area contributed by atoms with E-state index in [-0.39, 0.29) is 0 Å². The number of nitrogens with zero attached hydrogens (tertiary/aromatic N) is 2. The van der Waals surface area contributed by atoms with Crippen LogP contribution in [0.25, 0.3) is 10.9 Å². The van der Waals surface area contributed by atoms with Gasteiger partial charge in [0.05, 0.1) is 19.7 Å². The highest BCUT2D eigenvalue weighted by molar-refractivity contribution is 6.34. The van der Waals surface area contributed by atoms with Crippen LogP contribution >= 0.6 is 11.6 Å². The molecule has 5 heteroatoms. The molecular weight excluding hydrogens is 312 g/mol. The highest BCUT2D eigenvalue weighted by atomic mass is 35.5. The maximum absolute atomic E-state index is 6.15. The molecule has 0 radical (unpaired) electrons. The first-order chi connectivity index (χ1) is 11.2. The number of aryl methyl sites for hydroxylation is 2. The van der Waals surface area contributed by atoms with Crippen LogP contribution < -0.4 is 9.47 Å². The van der Waals surface area contributed by atoms with E-state index in [9.17, 15) is 0 Å². The molecule has 4 nitrogen and oxygen atoms in total. The van der Waals surface area contributed by atoms with Gasteiger partial charge >= 0.3 is 0 Å². The van der Waals surface area contributed by atoms with Gasteiger partial charge in [-0.2, -0.15) is 0 Å². The van der Waals surface area contributed by atoms with E-state index in [4.69, 9.17) is 21.1 Å². The maximum atomic E-state index is 6.15. The summed E-state index contributed by atoms with van der Waals surface area (Å²) in [6.07, 6.45) is 3.19. The number of hydrogen-bond acceptors (Lipinski definition) is 4. The van der Waals surface area contributed by atoms with Crippen LogP contribution in [0.4, 0.5) is 0 Å². The summed E-state index contributed by atoms with van der Waals surface area (Å²) in [4.78, 5) is 8.25. The van der Waals surface area contributed by atoms with Crippen LogP contribution in [-0.4, -0.2) is 24.2 Å². The van der Waals surface area contributed by atoms with Crippen molar-refractivity contribution in [1.82, 2.24) is 9.97 Å². The minimum atomic E-state index is 0.482. The second-order valence-corrected chi connectivity index (χ2v) is 5.55. The monoisotopic (exact) mass is 328 g/mol. The third-order valence-electron chi connectivity index (χ3n) is 3.82. The van der Waals surface area contributed by atoms with Crippen LogP contribution in [0.5, 0.6) is 11.5 Å². The summed E-state index contributed by atoms with van der Waals surface area (Å²) < 4.78 is 10.7. The highest BCUT2D eigenvalue weighted by Crippen LogP contribution is 2.26. The standard InChI is InChI=1S/C18H17ClN2O2/c1-22-14-6-8-17(23-2)13(10-14)5-3-12-4-7-16-15(9-12)18(19)21-11-20-16/h4,6-11H,3,5H2,1-2H3. The molecule has 0 N–H and O–H groups in total. The van der Waals surface area contributed by atoms with Crippen molar-refractivity contribution in [3.8, 4) is 11.5 Å². The van der Waals surface area contributed by atoms with Crippen molar-refractivity contribution in [2.75, 3.05) is 14.2 Å². The average molecular weight is 329 g/mol. The van der Waals surface area contributed by atoms with Gasteiger partial charge in [0.15, 0.2) is 0 Å². The van der Waals surface area contributed by atoms with E-state index >= 15 is 0 Å². The number of benzene rings is 2. The molecule has 0 aliphatic rings. The van der Waals surface area contributed by atoms with E-state index < -0.39 is 0 Å². The Labute approximate surface area is 140 Å². The Morgan fingerprint density at radius 1 is 0.957 bits per heavy atom. The fraction of sp³-hybridized carbons (Fsp3) is 0.222. The lowest BCUT2D eigenvalue weighted by Crippen LogP contribution is -1.97. The Morgan fingerprint density at radius 2 is 1.83 bits per heavy atom. The van der Waals surface area contributed by atoms with Gasteiger partial charge in [-0.15, -0.1) is 0 Å². The van der Waals surface area contributed by atoms with Gasteiger partial charge in [-0.3, -0.25) is 0 Å². The molecule has 23 heavy (non-hydrogen) atoms. The van der Waals surface area contributed by atoms with Crippen molar-refractivity contribution in [3.05, 3.63) is 59.0 Å². The van der Waals surface area contributed by atoms with Gasteiger partial charge in [-0.1, -0.05) is 17.7 Å². The molecule has 1 aromatic heterocycles. The molecule has 0 unspecified atom stereocenters. The minimum Gasteiger partial charge on any atom is -0.497 e. The van der Waals surface area contributed by atoms with Gasteiger partial charge in [-0.05, 0) is 54.3 Å². The van der Waals surface area contributed by atoms with E-state index in [1.165, 1.54) is 11.9 Å². The van der Waals surface area contributed by atoms with Gasteiger partial charge in [0, 0.05) is 5.39 Å². The minimum absolute atomic E-state index is 0.482. The zero-order chi connectivity index (χ0) is 16.2. The fourth-order valence-corrected chi connectivity index (χ4v) is 2.78. The smallest absolute Gasteiger partial charge is 0.140 e. The molecule has 0 aliphatic heterocycles. The number of methoxy groups -OCH3 is 2. The van der Waals surface area contributed by atoms with Gasteiger partial charge in [0.25, 0.3) is 0 Å². The van der Waals surface area contributed by atoms with Gasteiger partial charge in [0.1, 0.15) is 23.0 Å². The molecule has 3 rings (SSSR count).